The first-order valence-electron chi connectivity index (χ1n) is 11.8. The van der Waals surface area contributed by atoms with Gasteiger partial charge in [0.1, 0.15) is 23.5 Å². The summed E-state index contributed by atoms with van der Waals surface area (Å²) in [6.45, 7) is 2.38. The summed E-state index contributed by atoms with van der Waals surface area (Å²) in [6, 6.07) is 9.80. The highest BCUT2D eigenvalue weighted by Gasteiger charge is 2.31. The van der Waals surface area contributed by atoms with Crippen LogP contribution in [0, 0.1) is 29.9 Å². The number of aryl methyl sites for hydroxylation is 1. The molecule has 0 radical (unpaired) electrons. The van der Waals surface area contributed by atoms with Crippen molar-refractivity contribution in [3.63, 3.8) is 0 Å². The molecule has 0 spiro atoms. The number of rotatable bonds is 4. The molecule has 6 rings (SSSR count). The molecular weight excluding hydrogens is 448 g/mol. The minimum Gasteiger partial charge on any atom is -0.373 e. The van der Waals surface area contributed by atoms with Gasteiger partial charge in [0.15, 0.2) is 0 Å². The molecule has 1 aliphatic carbocycles. The largest absolute Gasteiger partial charge is 0.373 e. The van der Waals surface area contributed by atoms with Crippen LogP contribution in [0.5, 0.6) is 0 Å². The maximum absolute atomic E-state index is 14.9. The Morgan fingerprint density at radius 2 is 1.97 bits per heavy atom. The second kappa shape index (κ2) is 8.51. The molecular formula is C27H23F2N5O. The Labute approximate surface area is 201 Å². The predicted octanol–water partition coefficient (Wildman–Crippen LogP) is 5.92. The van der Waals surface area contributed by atoms with Crippen LogP contribution < -0.4 is 0 Å². The van der Waals surface area contributed by atoms with E-state index in [2.05, 4.69) is 17.4 Å². The van der Waals surface area contributed by atoms with Crippen LogP contribution in [-0.4, -0.2) is 26.4 Å². The summed E-state index contributed by atoms with van der Waals surface area (Å²) in [5, 5.41) is 14.9. The van der Waals surface area contributed by atoms with Gasteiger partial charge in [0.05, 0.1) is 35.1 Å². The lowest BCUT2D eigenvalue weighted by Gasteiger charge is -2.28. The van der Waals surface area contributed by atoms with Crippen molar-refractivity contribution < 1.29 is 13.5 Å². The van der Waals surface area contributed by atoms with Gasteiger partial charge in [0.2, 0.25) is 0 Å². The van der Waals surface area contributed by atoms with Crippen molar-refractivity contribution in [2.24, 2.45) is 0 Å². The summed E-state index contributed by atoms with van der Waals surface area (Å²) in [5.41, 5.74) is 3.28. The third-order valence-electron chi connectivity index (χ3n) is 6.96. The van der Waals surface area contributed by atoms with E-state index in [0.717, 1.165) is 30.0 Å². The van der Waals surface area contributed by atoms with Crippen molar-refractivity contribution in [3.8, 4) is 17.3 Å². The smallest absolute Gasteiger partial charge is 0.135 e. The second-order valence-corrected chi connectivity index (χ2v) is 9.39. The molecule has 2 aliphatic rings. The zero-order valence-electron chi connectivity index (χ0n) is 19.2. The number of benzene rings is 2. The third-order valence-corrected chi connectivity index (χ3v) is 6.96. The van der Waals surface area contributed by atoms with Crippen molar-refractivity contribution in [2.45, 2.75) is 50.7 Å². The Hall–Kier alpha value is -3.70. The number of fused-ring (bicyclic) bond motifs is 1. The molecule has 0 unspecified atom stereocenters. The molecule has 2 fully saturated rings. The van der Waals surface area contributed by atoms with Crippen LogP contribution in [0.3, 0.4) is 0 Å². The number of halogens is 2. The second-order valence-electron chi connectivity index (χ2n) is 9.39. The summed E-state index contributed by atoms with van der Waals surface area (Å²) >= 11 is 0. The van der Waals surface area contributed by atoms with E-state index in [1.165, 1.54) is 12.1 Å². The van der Waals surface area contributed by atoms with Crippen LogP contribution in [0.15, 0.2) is 42.7 Å². The molecule has 176 valence electrons. The average molecular weight is 472 g/mol. The Balaban J connectivity index is 1.45. The zero-order chi connectivity index (χ0) is 24.1. The normalized spacial score (nSPS) is 20.2. The standard InChI is InChI=1S/C27H23F2N5O/c1-15-2-6-21-25(20-7-3-18(28)11-23(20)29)32-27(33-26(21)22(15)12-30)16-8-9-35-24(10-16)17-13-31-34(14-17)19-4-5-19/h2-3,6-7,11,13-14,16,19,24H,4-5,8-10H2,1H3/t16-,24+/m1/s1. The summed E-state index contributed by atoms with van der Waals surface area (Å²) in [7, 11) is 0. The van der Waals surface area contributed by atoms with Crippen LogP contribution in [0.25, 0.3) is 22.2 Å². The van der Waals surface area contributed by atoms with E-state index in [0.29, 0.717) is 53.5 Å². The van der Waals surface area contributed by atoms with Gasteiger partial charge >= 0.3 is 0 Å². The van der Waals surface area contributed by atoms with Gasteiger partial charge in [-0.2, -0.15) is 10.4 Å². The fourth-order valence-electron chi connectivity index (χ4n) is 4.85. The monoisotopic (exact) mass is 471 g/mol. The number of ether oxygens (including phenoxy) is 1. The minimum atomic E-state index is -0.702. The predicted molar refractivity (Wildman–Crippen MR) is 126 cm³/mol. The molecule has 8 heteroatoms. The van der Waals surface area contributed by atoms with Crippen molar-refractivity contribution >= 4 is 10.9 Å². The fourth-order valence-corrected chi connectivity index (χ4v) is 4.85. The lowest BCUT2D eigenvalue weighted by molar-refractivity contribution is 0.00397. The number of hydrogen-bond acceptors (Lipinski definition) is 5. The Morgan fingerprint density at radius 1 is 1.11 bits per heavy atom. The first kappa shape index (κ1) is 21.8. The number of nitrogens with zero attached hydrogens (tertiary/aromatic N) is 5. The van der Waals surface area contributed by atoms with Gasteiger partial charge in [-0.3, -0.25) is 4.68 Å². The van der Waals surface area contributed by atoms with Gasteiger partial charge in [0.25, 0.3) is 0 Å². The molecule has 35 heavy (non-hydrogen) atoms. The van der Waals surface area contributed by atoms with E-state index in [1.54, 1.807) is 12.1 Å². The molecule has 3 heterocycles. The van der Waals surface area contributed by atoms with Crippen LogP contribution in [0.1, 0.15) is 66.3 Å². The summed E-state index contributed by atoms with van der Waals surface area (Å²) in [6.07, 6.45) is 7.46. The molecule has 0 N–H and O–H groups in total. The Kier molecular flexibility index (Phi) is 5.30. The molecule has 0 amide bonds. The molecule has 1 saturated heterocycles. The van der Waals surface area contributed by atoms with Crippen LogP contribution >= 0.6 is 0 Å². The van der Waals surface area contributed by atoms with Gasteiger partial charge in [-0.05, 0) is 50.3 Å². The van der Waals surface area contributed by atoms with E-state index in [4.69, 9.17) is 14.7 Å². The zero-order valence-corrected chi connectivity index (χ0v) is 19.2. The SMILES string of the molecule is Cc1ccc2c(-c3ccc(F)cc3F)nc([C@@H]3CCO[C@H](c4cnn(C5CC5)c4)C3)nc2c1C#N. The molecule has 4 aromatic rings. The number of nitriles is 1. The third kappa shape index (κ3) is 3.96. The average Bonchev–Trinajstić information content (AvgIpc) is 3.59. The first-order chi connectivity index (χ1) is 17.0. The van der Waals surface area contributed by atoms with Crippen LogP contribution in [0.2, 0.25) is 0 Å². The molecule has 2 aromatic heterocycles. The topological polar surface area (TPSA) is 76.6 Å². The van der Waals surface area contributed by atoms with E-state index < -0.39 is 11.6 Å². The van der Waals surface area contributed by atoms with E-state index in [1.807, 2.05) is 17.8 Å². The highest BCUT2D eigenvalue weighted by atomic mass is 19.1. The number of aromatic nitrogens is 4. The van der Waals surface area contributed by atoms with Gasteiger partial charge in [-0.1, -0.05) is 12.1 Å². The molecule has 1 aliphatic heterocycles. The van der Waals surface area contributed by atoms with Crippen molar-refractivity contribution in [1.82, 2.24) is 19.7 Å². The van der Waals surface area contributed by atoms with Gasteiger partial charge in [0, 0.05) is 41.3 Å². The fraction of sp³-hybridized carbons (Fsp3) is 0.333. The number of hydrogen-bond donors (Lipinski definition) is 0. The Bertz CT molecular complexity index is 1490. The van der Waals surface area contributed by atoms with Crippen LogP contribution in [0.4, 0.5) is 8.78 Å². The summed E-state index contributed by atoms with van der Waals surface area (Å²) in [5.74, 6) is -0.859. The minimum absolute atomic E-state index is 0.0447. The molecule has 1 saturated carbocycles. The van der Waals surface area contributed by atoms with Crippen molar-refractivity contribution in [3.05, 3.63) is 76.9 Å². The highest BCUT2D eigenvalue weighted by Crippen LogP contribution is 2.40. The van der Waals surface area contributed by atoms with Gasteiger partial charge < -0.3 is 4.74 Å². The molecule has 2 aromatic carbocycles. The van der Waals surface area contributed by atoms with E-state index in [9.17, 15) is 14.0 Å². The lowest BCUT2D eigenvalue weighted by atomic mass is 9.91. The maximum atomic E-state index is 14.9. The molecule has 2 atom stereocenters. The highest BCUT2D eigenvalue weighted by molar-refractivity contribution is 5.96. The van der Waals surface area contributed by atoms with Crippen molar-refractivity contribution in [2.75, 3.05) is 6.61 Å². The van der Waals surface area contributed by atoms with Gasteiger partial charge in [-0.15, -0.1) is 0 Å². The first-order valence-corrected chi connectivity index (χ1v) is 11.8. The Morgan fingerprint density at radius 3 is 2.74 bits per heavy atom. The van der Waals surface area contributed by atoms with E-state index in [-0.39, 0.29) is 17.6 Å². The van der Waals surface area contributed by atoms with E-state index >= 15 is 0 Å². The van der Waals surface area contributed by atoms with Crippen molar-refractivity contribution in [1.29, 1.82) is 5.26 Å². The summed E-state index contributed by atoms with van der Waals surface area (Å²) in [4.78, 5) is 9.63. The molecule has 6 nitrogen and oxygen atoms in total. The lowest BCUT2D eigenvalue weighted by Crippen LogP contribution is -2.20. The quantitative estimate of drug-likeness (QED) is 0.369. The van der Waals surface area contributed by atoms with Gasteiger partial charge in [-0.25, -0.2) is 18.7 Å². The maximum Gasteiger partial charge on any atom is 0.135 e. The van der Waals surface area contributed by atoms with Crippen LogP contribution in [-0.2, 0) is 4.74 Å². The molecule has 0 bridgehead atoms. The summed E-state index contributed by atoms with van der Waals surface area (Å²) < 4.78 is 36.6.